The van der Waals surface area contributed by atoms with Crippen molar-refractivity contribution < 1.29 is 18.7 Å². The van der Waals surface area contributed by atoms with Crippen molar-refractivity contribution in [1.29, 1.82) is 0 Å². The predicted octanol–water partition coefficient (Wildman–Crippen LogP) is 4.26. The normalized spacial score (nSPS) is 16.7. The summed E-state index contributed by atoms with van der Waals surface area (Å²) in [6.45, 7) is 1.72. The van der Waals surface area contributed by atoms with Crippen LogP contribution in [0, 0.1) is 12.7 Å². The fourth-order valence-electron chi connectivity index (χ4n) is 3.64. The number of methoxy groups -OCH3 is 1. The molecule has 1 heterocycles. The molecule has 0 aromatic heterocycles. The molecule has 0 radical (unpaired) electrons. The van der Waals surface area contributed by atoms with Gasteiger partial charge in [0, 0.05) is 5.69 Å². The summed E-state index contributed by atoms with van der Waals surface area (Å²) in [7, 11) is 1.56. The van der Waals surface area contributed by atoms with Gasteiger partial charge in [-0.2, -0.15) is 0 Å². The summed E-state index contributed by atoms with van der Waals surface area (Å²) >= 11 is 0. The van der Waals surface area contributed by atoms with Gasteiger partial charge < -0.3 is 4.74 Å². The standard InChI is InChI=1S/C24H21FN2O3/c1-16-7-11-18(12-8-16)27-22(28)15-26(21-6-4-3-5-20(21)25)24(29)23(27)17-9-13-19(30-2)14-10-17/h3-14,23H,15H2,1-2H3. The highest BCUT2D eigenvalue weighted by molar-refractivity contribution is 6.14. The minimum absolute atomic E-state index is 0.0953. The summed E-state index contributed by atoms with van der Waals surface area (Å²) in [4.78, 5) is 29.5. The number of rotatable bonds is 4. The second kappa shape index (κ2) is 7.99. The number of carbonyl (C=O) groups is 2. The van der Waals surface area contributed by atoms with E-state index in [9.17, 15) is 14.0 Å². The molecule has 0 saturated carbocycles. The third-order valence-corrected chi connectivity index (χ3v) is 5.21. The Kier molecular flexibility index (Phi) is 5.23. The molecule has 1 unspecified atom stereocenters. The molecule has 6 heteroatoms. The van der Waals surface area contributed by atoms with E-state index in [0.29, 0.717) is 17.0 Å². The first-order chi connectivity index (χ1) is 14.5. The smallest absolute Gasteiger partial charge is 0.255 e. The summed E-state index contributed by atoms with van der Waals surface area (Å²) < 4.78 is 19.6. The van der Waals surface area contributed by atoms with Crippen LogP contribution in [0.3, 0.4) is 0 Å². The van der Waals surface area contributed by atoms with Crippen molar-refractivity contribution in [2.45, 2.75) is 13.0 Å². The maximum absolute atomic E-state index is 14.4. The van der Waals surface area contributed by atoms with Crippen molar-refractivity contribution in [3.05, 3.63) is 89.7 Å². The third kappa shape index (κ3) is 3.52. The van der Waals surface area contributed by atoms with Gasteiger partial charge in [0.2, 0.25) is 5.91 Å². The lowest BCUT2D eigenvalue weighted by Gasteiger charge is -2.40. The molecule has 0 aliphatic carbocycles. The first-order valence-corrected chi connectivity index (χ1v) is 9.58. The fourth-order valence-corrected chi connectivity index (χ4v) is 3.64. The van der Waals surface area contributed by atoms with Crippen LogP contribution in [0.5, 0.6) is 5.75 Å². The molecule has 1 saturated heterocycles. The summed E-state index contributed by atoms with van der Waals surface area (Å²) in [6, 6.07) is 19.5. The number of piperazine rings is 1. The monoisotopic (exact) mass is 404 g/mol. The molecule has 0 N–H and O–H groups in total. The highest BCUT2D eigenvalue weighted by Gasteiger charge is 2.42. The zero-order valence-electron chi connectivity index (χ0n) is 16.7. The van der Waals surface area contributed by atoms with Crippen LogP contribution in [0.25, 0.3) is 0 Å². The van der Waals surface area contributed by atoms with Crippen LogP contribution in [0.15, 0.2) is 72.8 Å². The number of amides is 2. The summed E-state index contributed by atoms with van der Waals surface area (Å²) in [5.74, 6) is -0.565. The van der Waals surface area contributed by atoms with E-state index in [1.807, 2.05) is 31.2 Å². The number of para-hydroxylation sites is 1. The van der Waals surface area contributed by atoms with Crippen molar-refractivity contribution in [3.63, 3.8) is 0 Å². The van der Waals surface area contributed by atoms with Gasteiger partial charge in [-0.15, -0.1) is 0 Å². The number of hydrogen-bond donors (Lipinski definition) is 0. The van der Waals surface area contributed by atoms with Crippen LogP contribution in [0.2, 0.25) is 0 Å². The lowest BCUT2D eigenvalue weighted by Crippen LogP contribution is -2.56. The number of carbonyl (C=O) groups excluding carboxylic acids is 2. The van der Waals surface area contributed by atoms with Crippen LogP contribution in [0.4, 0.5) is 15.8 Å². The van der Waals surface area contributed by atoms with Crippen molar-refractivity contribution in [2.24, 2.45) is 0 Å². The van der Waals surface area contributed by atoms with Crippen LogP contribution < -0.4 is 14.5 Å². The Bertz CT molecular complexity index is 1080. The maximum Gasteiger partial charge on any atom is 0.255 e. The van der Waals surface area contributed by atoms with Gasteiger partial charge in [-0.05, 0) is 48.9 Å². The van der Waals surface area contributed by atoms with Gasteiger partial charge in [0.05, 0.1) is 12.8 Å². The minimum Gasteiger partial charge on any atom is -0.497 e. The van der Waals surface area contributed by atoms with Gasteiger partial charge in [0.1, 0.15) is 24.2 Å². The van der Waals surface area contributed by atoms with Gasteiger partial charge in [-0.25, -0.2) is 4.39 Å². The molecule has 1 aliphatic heterocycles. The van der Waals surface area contributed by atoms with E-state index in [2.05, 4.69) is 0 Å². The van der Waals surface area contributed by atoms with Crippen molar-refractivity contribution in [3.8, 4) is 5.75 Å². The lowest BCUT2D eigenvalue weighted by atomic mass is 9.99. The van der Waals surface area contributed by atoms with Gasteiger partial charge in [-0.1, -0.05) is 42.0 Å². The molecular formula is C24H21FN2O3. The first kappa shape index (κ1) is 19.6. The van der Waals surface area contributed by atoms with E-state index in [1.54, 1.807) is 43.5 Å². The number of anilines is 2. The fraction of sp³-hybridized carbons (Fsp3) is 0.167. The van der Waals surface area contributed by atoms with E-state index in [1.165, 1.54) is 21.9 Å². The molecule has 2 amide bonds. The Morgan fingerprint density at radius 2 is 1.60 bits per heavy atom. The number of ether oxygens (including phenoxy) is 1. The van der Waals surface area contributed by atoms with Crippen LogP contribution in [-0.4, -0.2) is 25.5 Å². The lowest BCUT2D eigenvalue weighted by molar-refractivity contribution is -0.128. The van der Waals surface area contributed by atoms with Crippen molar-refractivity contribution in [1.82, 2.24) is 0 Å². The Hall–Kier alpha value is -3.67. The zero-order chi connectivity index (χ0) is 21.3. The van der Waals surface area contributed by atoms with Crippen molar-refractivity contribution in [2.75, 3.05) is 23.5 Å². The molecule has 3 aromatic rings. The van der Waals surface area contributed by atoms with Crippen LogP contribution >= 0.6 is 0 Å². The van der Waals surface area contributed by atoms with Gasteiger partial charge in [0.15, 0.2) is 0 Å². The van der Waals surface area contributed by atoms with E-state index in [4.69, 9.17) is 4.74 Å². The minimum atomic E-state index is -0.917. The van der Waals surface area contributed by atoms with E-state index >= 15 is 0 Å². The highest BCUT2D eigenvalue weighted by Crippen LogP contribution is 2.35. The van der Waals surface area contributed by atoms with E-state index in [0.717, 1.165) is 5.56 Å². The topological polar surface area (TPSA) is 49.9 Å². The Labute approximate surface area is 174 Å². The predicted molar refractivity (Wildman–Crippen MR) is 113 cm³/mol. The van der Waals surface area contributed by atoms with Crippen molar-refractivity contribution >= 4 is 23.2 Å². The molecule has 30 heavy (non-hydrogen) atoms. The van der Waals surface area contributed by atoms with Gasteiger partial charge >= 0.3 is 0 Å². The average Bonchev–Trinajstić information content (AvgIpc) is 2.76. The number of hydrogen-bond acceptors (Lipinski definition) is 3. The van der Waals surface area contributed by atoms with Gasteiger partial charge in [0.25, 0.3) is 5.91 Å². The quantitative estimate of drug-likeness (QED) is 0.653. The Balaban J connectivity index is 1.82. The summed E-state index contributed by atoms with van der Waals surface area (Å²) in [5.41, 5.74) is 2.38. The van der Waals surface area contributed by atoms with Crippen LogP contribution in [0.1, 0.15) is 17.2 Å². The summed E-state index contributed by atoms with van der Waals surface area (Å²) in [6.07, 6.45) is 0. The molecule has 1 fully saturated rings. The second-order valence-corrected chi connectivity index (χ2v) is 7.15. The molecule has 0 bridgehead atoms. The molecule has 152 valence electrons. The Morgan fingerprint density at radius 1 is 0.933 bits per heavy atom. The highest BCUT2D eigenvalue weighted by atomic mass is 19.1. The molecule has 5 nitrogen and oxygen atoms in total. The zero-order valence-corrected chi connectivity index (χ0v) is 16.7. The molecule has 0 spiro atoms. The molecule has 1 atom stereocenters. The molecular weight excluding hydrogens is 383 g/mol. The number of halogens is 1. The Morgan fingerprint density at radius 3 is 2.23 bits per heavy atom. The number of aryl methyl sites for hydroxylation is 1. The molecule has 1 aliphatic rings. The first-order valence-electron chi connectivity index (χ1n) is 9.58. The second-order valence-electron chi connectivity index (χ2n) is 7.15. The maximum atomic E-state index is 14.4. The number of benzene rings is 3. The third-order valence-electron chi connectivity index (χ3n) is 5.21. The average molecular weight is 404 g/mol. The number of nitrogens with zero attached hydrogens (tertiary/aromatic N) is 2. The molecule has 4 rings (SSSR count). The van der Waals surface area contributed by atoms with E-state index in [-0.39, 0.29) is 24.0 Å². The van der Waals surface area contributed by atoms with Crippen LogP contribution in [-0.2, 0) is 9.59 Å². The van der Waals surface area contributed by atoms with E-state index < -0.39 is 11.9 Å². The largest absolute Gasteiger partial charge is 0.497 e. The summed E-state index contributed by atoms with van der Waals surface area (Å²) in [5, 5.41) is 0. The van der Waals surface area contributed by atoms with Gasteiger partial charge in [-0.3, -0.25) is 19.4 Å². The molecule has 3 aromatic carbocycles. The SMILES string of the molecule is COc1ccc(C2C(=O)N(c3ccccc3F)CC(=O)N2c2ccc(C)cc2)cc1.